The molecule has 0 fully saturated rings. The van der Waals surface area contributed by atoms with Crippen LogP contribution < -0.4 is 10.0 Å². The van der Waals surface area contributed by atoms with Crippen molar-refractivity contribution >= 4 is 58.0 Å². The van der Waals surface area contributed by atoms with Crippen molar-refractivity contribution in [3.8, 4) is 0 Å². The van der Waals surface area contributed by atoms with Gasteiger partial charge in [0.15, 0.2) is 5.82 Å². The summed E-state index contributed by atoms with van der Waals surface area (Å²) >= 11 is 14.7. The van der Waals surface area contributed by atoms with Gasteiger partial charge < -0.3 is 10.0 Å². The maximum Gasteiger partial charge on any atom is 0.159 e. The zero-order valence-electron chi connectivity index (χ0n) is 13.4. The van der Waals surface area contributed by atoms with Crippen LogP contribution in [0.1, 0.15) is 18.5 Å². The van der Waals surface area contributed by atoms with Crippen LogP contribution in [0.5, 0.6) is 0 Å². The summed E-state index contributed by atoms with van der Waals surface area (Å²) in [4.78, 5) is 4.39. The average Bonchev–Trinajstić information content (AvgIpc) is 3.12. The van der Waals surface area contributed by atoms with Gasteiger partial charge in [-0.2, -0.15) is 0 Å². The van der Waals surface area contributed by atoms with E-state index in [1.54, 1.807) is 30.6 Å². The van der Waals surface area contributed by atoms with Crippen molar-refractivity contribution in [2.75, 3.05) is 10.0 Å². The molecule has 0 aliphatic heterocycles. The highest BCUT2D eigenvalue weighted by Gasteiger charge is 2.18. The largest absolute Gasteiger partial charge is 0.377 e. The molecule has 3 nitrogen and oxygen atoms in total. The number of nitrogens with zero attached hydrogens (tertiary/aromatic N) is 1. The molecule has 3 aromatic rings. The Bertz CT molecular complexity index is 887. The van der Waals surface area contributed by atoms with Crippen molar-refractivity contribution in [1.82, 2.24) is 4.98 Å². The summed E-state index contributed by atoms with van der Waals surface area (Å²) < 4.78 is 31.5. The van der Waals surface area contributed by atoms with Gasteiger partial charge in [0.05, 0.1) is 22.1 Å². The van der Waals surface area contributed by atoms with Crippen molar-refractivity contribution in [1.29, 1.82) is 0 Å². The van der Waals surface area contributed by atoms with Gasteiger partial charge in [0.1, 0.15) is 16.7 Å². The van der Waals surface area contributed by atoms with Crippen molar-refractivity contribution in [3.05, 3.63) is 68.5 Å². The number of anilines is 2. The number of nitrogens with one attached hydrogen (secondary N) is 2. The van der Waals surface area contributed by atoms with Gasteiger partial charge in [-0.3, -0.25) is 0 Å². The van der Waals surface area contributed by atoms with Crippen LogP contribution in [0.25, 0.3) is 0 Å². The topological polar surface area (TPSA) is 37.0 Å². The van der Waals surface area contributed by atoms with E-state index in [9.17, 15) is 8.78 Å². The lowest BCUT2D eigenvalue weighted by atomic mass is 10.1. The van der Waals surface area contributed by atoms with Gasteiger partial charge in [-0.25, -0.2) is 13.8 Å². The number of rotatable bonds is 6. The first-order chi connectivity index (χ1) is 12.5. The van der Waals surface area contributed by atoms with Gasteiger partial charge >= 0.3 is 0 Å². The van der Waals surface area contributed by atoms with E-state index in [1.165, 1.54) is 23.5 Å². The van der Waals surface area contributed by atoms with E-state index in [1.807, 2.05) is 5.38 Å². The second-order valence-electron chi connectivity index (χ2n) is 5.32. The molecule has 0 unspecified atom stereocenters. The fourth-order valence-electron chi connectivity index (χ4n) is 2.32. The third kappa shape index (κ3) is 4.23. The Morgan fingerprint density at radius 2 is 2.00 bits per heavy atom. The molecule has 1 aromatic heterocycles. The highest BCUT2D eigenvalue weighted by Crippen LogP contribution is 2.36. The maximum absolute atomic E-state index is 14.6. The number of hydrogen-bond acceptors (Lipinski definition) is 5. The normalized spacial score (nSPS) is 12.0. The van der Waals surface area contributed by atoms with Gasteiger partial charge in [0.2, 0.25) is 0 Å². The Hall–Kier alpha value is -1.54. The first-order valence-electron chi connectivity index (χ1n) is 7.47. The minimum Gasteiger partial charge on any atom is -0.377 e. The molecule has 0 aliphatic carbocycles. The molecule has 0 bridgehead atoms. The molecule has 3 rings (SSSR count). The third-order valence-corrected chi connectivity index (χ3v) is 5.68. The zero-order chi connectivity index (χ0) is 18.7. The van der Waals surface area contributed by atoms with Crippen LogP contribution in [0, 0.1) is 11.6 Å². The van der Waals surface area contributed by atoms with Crippen LogP contribution in [-0.4, -0.2) is 4.98 Å². The van der Waals surface area contributed by atoms with Crippen molar-refractivity contribution in [2.24, 2.45) is 0 Å². The molecule has 2 aromatic carbocycles. The third-order valence-electron chi connectivity index (χ3n) is 3.55. The van der Waals surface area contributed by atoms with E-state index in [4.69, 9.17) is 23.2 Å². The Balaban J connectivity index is 1.77. The van der Waals surface area contributed by atoms with Gasteiger partial charge in [-0.1, -0.05) is 29.3 Å². The number of halogens is 4. The predicted molar refractivity (Wildman–Crippen MR) is 106 cm³/mol. The molecule has 0 aliphatic rings. The van der Waals surface area contributed by atoms with Crippen LogP contribution in [0.3, 0.4) is 0 Å². The van der Waals surface area contributed by atoms with Crippen LogP contribution >= 0.6 is 46.5 Å². The molecule has 0 saturated carbocycles. The van der Waals surface area contributed by atoms with E-state index >= 15 is 0 Å². The number of benzene rings is 2. The lowest BCUT2D eigenvalue weighted by Gasteiger charge is -2.19. The van der Waals surface area contributed by atoms with E-state index in [-0.39, 0.29) is 5.02 Å². The molecule has 0 amide bonds. The Morgan fingerprint density at radius 1 is 1.19 bits per heavy atom. The lowest BCUT2D eigenvalue weighted by Crippen LogP contribution is -2.10. The van der Waals surface area contributed by atoms with E-state index in [2.05, 4.69) is 15.0 Å². The second-order valence-corrected chi connectivity index (χ2v) is 7.67. The molecule has 0 radical (unpaired) electrons. The molecule has 0 saturated heterocycles. The van der Waals surface area contributed by atoms with Crippen LogP contribution in [0.4, 0.5) is 20.3 Å². The standard InChI is InChI=1S/C17H13Cl2F2N3S2/c1-9(15-10(18)3-2-4-11(15)20)23-12-5-6-13(17(21)16(12)19)26-24-14-7-25-8-22-14/h2-9,23-24H,1H3/t9-/m0/s1. The fraction of sp³-hybridized carbons (Fsp3) is 0.118. The van der Waals surface area contributed by atoms with E-state index < -0.39 is 17.7 Å². The summed E-state index contributed by atoms with van der Waals surface area (Å²) in [5.74, 6) is -0.370. The molecule has 9 heteroatoms. The molecule has 136 valence electrons. The first kappa shape index (κ1) is 19.2. The lowest BCUT2D eigenvalue weighted by molar-refractivity contribution is 0.597. The summed E-state index contributed by atoms with van der Waals surface area (Å²) in [5, 5.41) is 5.04. The summed E-state index contributed by atoms with van der Waals surface area (Å²) in [6.07, 6.45) is 0. The molecule has 2 N–H and O–H groups in total. The molecule has 0 spiro atoms. The van der Waals surface area contributed by atoms with E-state index in [0.717, 1.165) is 11.9 Å². The minimum absolute atomic E-state index is 0.0746. The van der Waals surface area contributed by atoms with Gasteiger partial charge in [-0.05, 0) is 43.1 Å². The summed E-state index contributed by atoms with van der Waals surface area (Å²) in [5.41, 5.74) is 2.33. The monoisotopic (exact) mass is 431 g/mol. The predicted octanol–water partition coefficient (Wildman–Crippen LogP) is 7.02. The van der Waals surface area contributed by atoms with Crippen LogP contribution in [0.2, 0.25) is 10.0 Å². The summed E-state index contributed by atoms with van der Waals surface area (Å²) in [7, 11) is 0. The first-order valence-corrected chi connectivity index (χ1v) is 9.98. The Labute approximate surface area is 167 Å². The van der Waals surface area contributed by atoms with E-state index in [0.29, 0.717) is 27.0 Å². The van der Waals surface area contributed by atoms with Crippen molar-refractivity contribution in [2.45, 2.75) is 17.9 Å². The van der Waals surface area contributed by atoms with Crippen molar-refractivity contribution < 1.29 is 8.78 Å². The second kappa shape index (κ2) is 8.43. The quantitative estimate of drug-likeness (QED) is 0.411. The molecule has 26 heavy (non-hydrogen) atoms. The van der Waals surface area contributed by atoms with Crippen LogP contribution in [-0.2, 0) is 0 Å². The highest BCUT2D eigenvalue weighted by molar-refractivity contribution is 8.00. The SMILES string of the molecule is C[C@H](Nc1ccc(SNc2cscn2)c(F)c1Cl)c1c(F)cccc1Cl. The zero-order valence-corrected chi connectivity index (χ0v) is 16.5. The van der Waals surface area contributed by atoms with Crippen molar-refractivity contribution in [3.63, 3.8) is 0 Å². The summed E-state index contributed by atoms with van der Waals surface area (Å²) in [6, 6.07) is 7.19. The summed E-state index contributed by atoms with van der Waals surface area (Å²) in [6.45, 7) is 1.73. The number of hydrogen-bond donors (Lipinski definition) is 2. The van der Waals surface area contributed by atoms with Gasteiger partial charge in [-0.15, -0.1) is 11.3 Å². The average molecular weight is 432 g/mol. The highest BCUT2D eigenvalue weighted by atomic mass is 35.5. The Morgan fingerprint density at radius 3 is 2.69 bits per heavy atom. The molecular weight excluding hydrogens is 419 g/mol. The fourth-order valence-corrected chi connectivity index (χ4v) is 4.14. The van der Waals surface area contributed by atoms with Crippen LogP contribution in [0.15, 0.2) is 46.1 Å². The number of thiazole rings is 1. The molecule has 1 atom stereocenters. The molecule has 1 heterocycles. The number of aromatic nitrogens is 1. The smallest absolute Gasteiger partial charge is 0.159 e. The van der Waals surface area contributed by atoms with Gasteiger partial charge in [0, 0.05) is 16.0 Å². The maximum atomic E-state index is 14.6. The Kier molecular flexibility index (Phi) is 6.24. The van der Waals surface area contributed by atoms with Gasteiger partial charge in [0.25, 0.3) is 0 Å². The molecular formula is C17H13Cl2F2N3S2. The minimum atomic E-state index is -0.573.